The molecule has 1 nitrogen and oxygen atoms in total. The lowest BCUT2D eigenvalue weighted by Crippen LogP contribution is -2.35. The smallest absolute Gasteiger partial charge is 0.198 e. The van der Waals surface area contributed by atoms with Crippen molar-refractivity contribution in [3.05, 3.63) is 64.8 Å². The highest BCUT2D eigenvalue weighted by Gasteiger charge is 2.24. The number of pyridine rings is 1. The first-order valence-corrected chi connectivity index (χ1v) is 10.7. The third-order valence-corrected chi connectivity index (χ3v) is 6.64. The Hall–Kier alpha value is -2.15. The maximum Gasteiger partial charge on any atom is 0.220 e. The molecule has 0 aliphatic heterocycles. The number of benzene rings is 2. The molecule has 1 heterocycles. The maximum absolute atomic E-state index is 8.80. The van der Waals surface area contributed by atoms with E-state index in [9.17, 15) is 0 Å². The summed E-state index contributed by atoms with van der Waals surface area (Å²) < 4.78 is 11.0. The first kappa shape index (κ1) is 17.9. The number of rotatable bonds is 2. The van der Waals surface area contributed by atoms with E-state index in [1.165, 1.54) is 59.0 Å². The Kier molecular flexibility index (Phi) is 4.50. The van der Waals surface area contributed by atoms with Crippen LogP contribution in [0.4, 0.5) is 0 Å². The minimum atomic E-state index is 0.0744. The standard InChI is InChI=1S/C27H34N/c1-18-11-12-21(20-9-7-8-10-20)17-25(18)26-24-14-13-23(27(3,4)5)16-22(24)15-19(2)28(26)6/h11-17,20H,7-10H2,1-6H3/q+1/i15D. The highest BCUT2D eigenvalue weighted by atomic mass is 14.9. The monoisotopic (exact) mass is 373 g/mol. The number of aromatic nitrogens is 1. The van der Waals surface area contributed by atoms with E-state index in [0.29, 0.717) is 12.0 Å². The Morgan fingerprint density at radius 2 is 1.71 bits per heavy atom. The summed E-state index contributed by atoms with van der Waals surface area (Å²) >= 11 is 0. The Morgan fingerprint density at radius 3 is 2.39 bits per heavy atom. The fraction of sp³-hybridized carbons (Fsp3) is 0.444. The topological polar surface area (TPSA) is 3.88 Å². The van der Waals surface area contributed by atoms with Crippen molar-refractivity contribution in [2.45, 2.75) is 71.6 Å². The predicted octanol–water partition coefficient (Wildman–Crippen LogP) is 6.90. The van der Waals surface area contributed by atoms with Crippen LogP contribution in [0, 0.1) is 13.8 Å². The fourth-order valence-electron chi connectivity index (χ4n) is 4.68. The molecular formula is C27H34N+. The summed E-state index contributed by atoms with van der Waals surface area (Å²) in [5.41, 5.74) is 7.72. The molecule has 4 rings (SSSR count). The molecule has 2 aromatic carbocycles. The Morgan fingerprint density at radius 1 is 1.00 bits per heavy atom. The molecule has 3 aromatic rings. The second kappa shape index (κ2) is 7.03. The molecule has 0 saturated heterocycles. The van der Waals surface area contributed by atoms with Crippen LogP contribution >= 0.6 is 0 Å². The average Bonchev–Trinajstić information content (AvgIpc) is 3.21. The molecule has 1 aliphatic carbocycles. The normalized spacial score (nSPS) is 16.0. The highest BCUT2D eigenvalue weighted by Crippen LogP contribution is 2.38. The van der Waals surface area contributed by atoms with E-state index in [2.05, 4.69) is 82.6 Å². The quantitative estimate of drug-likeness (QED) is 0.430. The van der Waals surface area contributed by atoms with Crippen LogP contribution in [0.2, 0.25) is 0 Å². The van der Waals surface area contributed by atoms with Gasteiger partial charge in [-0.2, -0.15) is 4.57 Å². The van der Waals surface area contributed by atoms with Gasteiger partial charge in [-0.3, -0.25) is 0 Å². The van der Waals surface area contributed by atoms with Crippen LogP contribution in [-0.2, 0) is 12.5 Å². The average molecular weight is 374 g/mol. The van der Waals surface area contributed by atoms with Crippen molar-refractivity contribution >= 4 is 10.8 Å². The second-order valence-corrected chi connectivity index (χ2v) is 9.68. The molecule has 0 atom stereocenters. The second-order valence-electron chi connectivity index (χ2n) is 9.68. The summed E-state index contributed by atoms with van der Waals surface area (Å²) in [7, 11) is 2.11. The molecule has 0 unspecified atom stereocenters. The first-order chi connectivity index (χ1) is 13.7. The van der Waals surface area contributed by atoms with Gasteiger partial charge in [-0.15, -0.1) is 0 Å². The largest absolute Gasteiger partial charge is 0.220 e. The van der Waals surface area contributed by atoms with Crippen molar-refractivity contribution in [2.75, 3.05) is 0 Å². The van der Waals surface area contributed by atoms with Gasteiger partial charge >= 0.3 is 0 Å². The van der Waals surface area contributed by atoms with Crippen molar-refractivity contribution in [2.24, 2.45) is 7.05 Å². The number of fused-ring (bicyclic) bond motifs is 1. The van der Waals surface area contributed by atoms with E-state index < -0.39 is 0 Å². The van der Waals surface area contributed by atoms with Gasteiger partial charge in [0.15, 0.2) is 5.69 Å². The molecule has 1 aliphatic rings. The lowest BCUT2D eigenvalue weighted by molar-refractivity contribution is -0.665. The molecule has 0 radical (unpaired) electrons. The number of aryl methyl sites for hydroxylation is 1. The Labute approximate surface area is 171 Å². The number of hydrogen-bond acceptors (Lipinski definition) is 0. The maximum atomic E-state index is 8.80. The van der Waals surface area contributed by atoms with E-state index in [4.69, 9.17) is 1.37 Å². The minimum absolute atomic E-state index is 0.0744. The van der Waals surface area contributed by atoms with Gasteiger partial charge in [0.25, 0.3) is 0 Å². The van der Waals surface area contributed by atoms with Crippen LogP contribution in [0.3, 0.4) is 0 Å². The SMILES string of the molecule is [2H]c1c(C)[n+](C)c(-c2cc(C3CCCC3)ccc2C)c2ccc(C(C)(C)C)cc12. The van der Waals surface area contributed by atoms with Crippen LogP contribution < -0.4 is 4.57 Å². The zero-order valence-corrected chi connectivity index (χ0v) is 18.3. The molecule has 0 amide bonds. The van der Waals surface area contributed by atoms with Gasteiger partial charge in [-0.25, -0.2) is 0 Å². The van der Waals surface area contributed by atoms with Crippen molar-refractivity contribution in [3.8, 4) is 11.3 Å². The van der Waals surface area contributed by atoms with Gasteiger partial charge in [0.1, 0.15) is 7.05 Å². The summed E-state index contributed by atoms with van der Waals surface area (Å²) in [6, 6.07) is 14.4. The van der Waals surface area contributed by atoms with Crippen molar-refractivity contribution in [1.29, 1.82) is 0 Å². The fourth-order valence-corrected chi connectivity index (χ4v) is 4.68. The molecule has 1 saturated carbocycles. The zero-order valence-electron chi connectivity index (χ0n) is 19.3. The predicted molar refractivity (Wildman–Crippen MR) is 120 cm³/mol. The Balaban J connectivity index is 2.00. The number of hydrogen-bond donors (Lipinski definition) is 0. The minimum Gasteiger partial charge on any atom is -0.198 e. The Bertz CT molecular complexity index is 1080. The van der Waals surface area contributed by atoms with E-state index >= 15 is 0 Å². The first-order valence-electron chi connectivity index (χ1n) is 11.2. The van der Waals surface area contributed by atoms with Crippen LogP contribution in [0.15, 0.2) is 42.4 Å². The van der Waals surface area contributed by atoms with Gasteiger partial charge in [-0.05, 0) is 65.3 Å². The molecule has 1 fully saturated rings. The van der Waals surface area contributed by atoms with E-state index in [1.807, 2.05) is 0 Å². The van der Waals surface area contributed by atoms with Gasteiger partial charge in [0.2, 0.25) is 5.69 Å². The zero-order chi connectivity index (χ0) is 20.9. The van der Waals surface area contributed by atoms with E-state index in [-0.39, 0.29) is 5.41 Å². The summed E-state index contributed by atoms with van der Waals surface area (Å²) in [6.07, 6.45) is 5.34. The van der Waals surface area contributed by atoms with Crippen molar-refractivity contribution in [1.82, 2.24) is 0 Å². The third kappa shape index (κ3) is 3.36. The summed E-state index contributed by atoms with van der Waals surface area (Å²) in [4.78, 5) is 0. The van der Waals surface area contributed by atoms with Crippen LogP contribution in [0.5, 0.6) is 0 Å². The summed E-state index contributed by atoms with van der Waals surface area (Å²) in [5.74, 6) is 0.704. The van der Waals surface area contributed by atoms with Crippen LogP contribution in [0.1, 0.15) is 76.1 Å². The summed E-state index contributed by atoms with van der Waals surface area (Å²) in [6.45, 7) is 11.0. The van der Waals surface area contributed by atoms with E-state index in [1.54, 1.807) is 0 Å². The molecule has 28 heavy (non-hydrogen) atoms. The highest BCUT2D eigenvalue weighted by molar-refractivity contribution is 5.94. The molecule has 0 spiro atoms. The van der Waals surface area contributed by atoms with Gasteiger partial charge in [0, 0.05) is 18.5 Å². The molecule has 0 N–H and O–H groups in total. The molecule has 1 heteroatoms. The van der Waals surface area contributed by atoms with Gasteiger partial charge < -0.3 is 0 Å². The van der Waals surface area contributed by atoms with E-state index in [0.717, 1.165) is 11.1 Å². The van der Waals surface area contributed by atoms with Gasteiger partial charge in [-0.1, -0.05) is 57.9 Å². The van der Waals surface area contributed by atoms with Crippen LogP contribution in [0.25, 0.3) is 22.0 Å². The third-order valence-electron chi connectivity index (χ3n) is 6.64. The van der Waals surface area contributed by atoms with Crippen molar-refractivity contribution < 1.29 is 5.94 Å². The lowest BCUT2D eigenvalue weighted by atomic mass is 9.85. The van der Waals surface area contributed by atoms with Gasteiger partial charge in [0.05, 0.1) is 6.76 Å². The number of nitrogens with zero attached hydrogens (tertiary/aromatic N) is 1. The molecule has 0 bridgehead atoms. The molecule has 1 aromatic heterocycles. The van der Waals surface area contributed by atoms with Crippen molar-refractivity contribution in [3.63, 3.8) is 0 Å². The van der Waals surface area contributed by atoms with Crippen LogP contribution in [-0.4, -0.2) is 0 Å². The molecular weight excluding hydrogens is 338 g/mol. The molecule has 146 valence electrons. The lowest BCUT2D eigenvalue weighted by Gasteiger charge is -2.20. The summed E-state index contributed by atoms with van der Waals surface area (Å²) in [5, 5.41) is 2.25.